The highest BCUT2D eigenvalue weighted by atomic mass is 19.1. The fourth-order valence-corrected chi connectivity index (χ4v) is 2.60. The minimum absolute atomic E-state index is 0.245. The largest absolute Gasteiger partial charge is 0.354 e. The molecule has 0 atom stereocenters. The van der Waals surface area contributed by atoms with Crippen molar-refractivity contribution >= 4 is 11.9 Å². The van der Waals surface area contributed by atoms with Gasteiger partial charge in [0.05, 0.1) is 0 Å². The predicted octanol–water partition coefficient (Wildman–Crippen LogP) is 3.51. The molecular weight excluding hydrogens is 343 g/mol. The number of hydrogen-bond acceptors (Lipinski definition) is 4. The first-order valence-corrected chi connectivity index (χ1v) is 8.76. The summed E-state index contributed by atoms with van der Waals surface area (Å²) in [6.45, 7) is 2.84. The monoisotopic (exact) mass is 364 g/mol. The summed E-state index contributed by atoms with van der Waals surface area (Å²) in [7, 11) is 0. The van der Waals surface area contributed by atoms with Crippen molar-refractivity contribution in [2.75, 3.05) is 11.9 Å². The minimum Gasteiger partial charge on any atom is -0.354 e. The molecule has 0 saturated carbocycles. The summed E-state index contributed by atoms with van der Waals surface area (Å²) in [6, 6.07) is 17.7. The highest BCUT2D eigenvalue weighted by molar-refractivity contribution is 5.92. The molecule has 0 aliphatic carbocycles. The second-order valence-electron chi connectivity index (χ2n) is 6.19. The number of hydrogen-bond donors (Lipinski definition) is 2. The number of benzene rings is 2. The summed E-state index contributed by atoms with van der Waals surface area (Å²) in [4.78, 5) is 21.0. The number of aryl methyl sites for hydroxylation is 1. The topological polar surface area (TPSA) is 66.9 Å². The fourth-order valence-electron chi connectivity index (χ4n) is 2.60. The third kappa shape index (κ3) is 5.60. The first-order chi connectivity index (χ1) is 13.1. The molecule has 0 unspecified atom stereocenters. The summed E-state index contributed by atoms with van der Waals surface area (Å²) < 4.78 is 12.9. The van der Waals surface area contributed by atoms with Crippen LogP contribution in [0.5, 0.6) is 0 Å². The van der Waals surface area contributed by atoms with Crippen molar-refractivity contribution < 1.29 is 9.18 Å². The van der Waals surface area contributed by atoms with Gasteiger partial charge in [-0.1, -0.05) is 42.5 Å². The van der Waals surface area contributed by atoms with Crippen LogP contribution >= 0.6 is 0 Å². The van der Waals surface area contributed by atoms with Crippen LogP contribution in [0.3, 0.4) is 0 Å². The van der Waals surface area contributed by atoms with E-state index in [-0.39, 0.29) is 11.7 Å². The maximum Gasteiger partial charge on any atom is 0.270 e. The Hall–Kier alpha value is -3.28. The van der Waals surface area contributed by atoms with Crippen LogP contribution in [0.15, 0.2) is 60.7 Å². The molecule has 1 aromatic heterocycles. The summed E-state index contributed by atoms with van der Waals surface area (Å²) in [5.74, 6) is -0.0900. The molecule has 3 rings (SSSR count). The number of anilines is 1. The molecule has 0 saturated heterocycles. The number of nitrogens with zero attached hydrogens (tertiary/aromatic N) is 2. The van der Waals surface area contributed by atoms with Crippen LogP contribution in [0.25, 0.3) is 0 Å². The second kappa shape index (κ2) is 8.89. The number of rotatable bonds is 7. The lowest BCUT2D eigenvalue weighted by Gasteiger charge is -2.09. The van der Waals surface area contributed by atoms with Gasteiger partial charge in [0.2, 0.25) is 5.95 Å². The second-order valence-corrected chi connectivity index (χ2v) is 6.19. The molecule has 5 nitrogen and oxygen atoms in total. The Kier molecular flexibility index (Phi) is 6.10. The van der Waals surface area contributed by atoms with E-state index in [1.165, 1.54) is 12.1 Å². The third-order valence-electron chi connectivity index (χ3n) is 3.99. The predicted molar refractivity (Wildman–Crippen MR) is 103 cm³/mol. The van der Waals surface area contributed by atoms with Crippen LogP contribution in [0.2, 0.25) is 0 Å². The van der Waals surface area contributed by atoms with Crippen molar-refractivity contribution in [1.29, 1.82) is 0 Å². The number of carbonyl (C=O) groups excluding carboxylic acids is 1. The van der Waals surface area contributed by atoms with Gasteiger partial charge in [-0.2, -0.15) is 0 Å². The molecule has 2 aromatic carbocycles. The maximum atomic E-state index is 12.9. The quantitative estimate of drug-likeness (QED) is 0.673. The number of carbonyl (C=O) groups is 1. The first kappa shape index (κ1) is 18.5. The highest BCUT2D eigenvalue weighted by Crippen LogP contribution is 2.08. The lowest BCUT2D eigenvalue weighted by molar-refractivity contribution is 0.0945. The molecule has 1 heterocycles. The van der Waals surface area contributed by atoms with E-state index in [0.29, 0.717) is 36.8 Å². The Morgan fingerprint density at radius 3 is 2.48 bits per heavy atom. The number of halogens is 1. The third-order valence-corrected chi connectivity index (χ3v) is 3.99. The summed E-state index contributed by atoms with van der Waals surface area (Å²) in [5, 5.41) is 5.99. The van der Waals surface area contributed by atoms with Crippen molar-refractivity contribution in [1.82, 2.24) is 15.3 Å². The van der Waals surface area contributed by atoms with Crippen molar-refractivity contribution in [3.05, 3.63) is 89.0 Å². The molecule has 2 N–H and O–H groups in total. The van der Waals surface area contributed by atoms with Crippen molar-refractivity contribution in [2.45, 2.75) is 19.9 Å². The Morgan fingerprint density at radius 1 is 1.00 bits per heavy atom. The molecule has 138 valence electrons. The lowest BCUT2D eigenvalue weighted by Crippen LogP contribution is -2.24. The van der Waals surface area contributed by atoms with Crippen LogP contribution in [-0.2, 0) is 13.0 Å². The van der Waals surface area contributed by atoms with Crippen molar-refractivity contribution in [3.8, 4) is 0 Å². The van der Waals surface area contributed by atoms with E-state index < -0.39 is 0 Å². The molecule has 6 heteroatoms. The van der Waals surface area contributed by atoms with E-state index >= 15 is 0 Å². The van der Waals surface area contributed by atoms with Crippen LogP contribution in [0.1, 0.15) is 27.3 Å². The van der Waals surface area contributed by atoms with E-state index in [2.05, 4.69) is 20.6 Å². The van der Waals surface area contributed by atoms with Gasteiger partial charge in [-0.3, -0.25) is 4.79 Å². The van der Waals surface area contributed by atoms with Gasteiger partial charge in [0, 0.05) is 18.8 Å². The van der Waals surface area contributed by atoms with E-state index in [1.54, 1.807) is 18.2 Å². The number of aromatic nitrogens is 2. The Labute approximate surface area is 157 Å². The molecule has 27 heavy (non-hydrogen) atoms. The van der Waals surface area contributed by atoms with E-state index in [4.69, 9.17) is 0 Å². The average Bonchev–Trinajstić information content (AvgIpc) is 2.68. The molecule has 0 bridgehead atoms. The van der Waals surface area contributed by atoms with Crippen LogP contribution in [0, 0.1) is 12.7 Å². The van der Waals surface area contributed by atoms with Crippen molar-refractivity contribution in [2.24, 2.45) is 0 Å². The van der Waals surface area contributed by atoms with E-state index in [0.717, 1.165) is 11.1 Å². The fraction of sp³-hybridized carbons (Fsp3) is 0.190. The van der Waals surface area contributed by atoms with Gasteiger partial charge in [0.15, 0.2) is 0 Å². The van der Waals surface area contributed by atoms with Gasteiger partial charge in [-0.25, -0.2) is 14.4 Å². The highest BCUT2D eigenvalue weighted by Gasteiger charge is 2.10. The Balaban J connectivity index is 1.58. The van der Waals surface area contributed by atoms with Gasteiger partial charge in [-0.05, 0) is 42.7 Å². The van der Waals surface area contributed by atoms with Gasteiger partial charge >= 0.3 is 0 Å². The zero-order valence-electron chi connectivity index (χ0n) is 15.1. The molecule has 0 aliphatic rings. The average molecular weight is 364 g/mol. The molecular formula is C21H21FN4O. The standard InChI is InChI=1S/C21H21FN4O/c1-15-13-19(20(27)24-14-17-5-3-2-4-6-17)26-21(25-15)23-12-11-16-7-9-18(22)10-8-16/h2-10,13H,11-12,14H2,1H3,(H,24,27)(H,23,25,26). The first-order valence-electron chi connectivity index (χ1n) is 8.76. The maximum absolute atomic E-state index is 12.9. The van der Waals surface area contributed by atoms with Gasteiger partial charge < -0.3 is 10.6 Å². The van der Waals surface area contributed by atoms with Crippen LogP contribution < -0.4 is 10.6 Å². The molecule has 3 aromatic rings. The Morgan fingerprint density at radius 2 is 1.74 bits per heavy atom. The smallest absolute Gasteiger partial charge is 0.270 e. The number of nitrogens with one attached hydrogen (secondary N) is 2. The summed E-state index contributed by atoms with van der Waals surface area (Å²) >= 11 is 0. The molecule has 1 amide bonds. The van der Waals surface area contributed by atoms with Gasteiger partial charge in [0.1, 0.15) is 11.5 Å². The molecule has 0 aliphatic heterocycles. The summed E-state index contributed by atoms with van der Waals surface area (Å²) in [6.07, 6.45) is 0.702. The molecule has 0 radical (unpaired) electrons. The van der Waals surface area contributed by atoms with E-state index in [1.807, 2.05) is 37.3 Å². The van der Waals surface area contributed by atoms with Gasteiger partial charge in [-0.15, -0.1) is 0 Å². The van der Waals surface area contributed by atoms with E-state index in [9.17, 15) is 9.18 Å². The minimum atomic E-state index is -0.250. The zero-order valence-corrected chi connectivity index (χ0v) is 15.1. The van der Waals surface area contributed by atoms with Gasteiger partial charge in [0.25, 0.3) is 5.91 Å². The SMILES string of the molecule is Cc1cc(C(=O)NCc2ccccc2)nc(NCCc2ccc(F)cc2)n1. The number of amides is 1. The Bertz CT molecular complexity index is 898. The molecule has 0 spiro atoms. The summed E-state index contributed by atoms with van der Waals surface area (Å²) in [5.41, 5.74) is 3.06. The molecule has 0 fully saturated rings. The normalized spacial score (nSPS) is 10.4. The van der Waals surface area contributed by atoms with Crippen molar-refractivity contribution in [3.63, 3.8) is 0 Å². The van der Waals surface area contributed by atoms with Crippen LogP contribution in [0.4, 0.5) is 10.3 Å². The van der Waals surface area contributed by atoms with Crippen LogP contribution in [-0.4, -0.2) is 22.4 Å². The zero-order chi connectivity index (χ0) is 19.1. The lowest BCUT2D eigenvalue weighted by atomic mass is 10.1.